The van der Waals surface area contributed by atoms with Gasteiger partial charge in [0.05, 0.1) is 21.3 Å². The lowest BCUT2D eigenvalue weighted by Gasteiger charge is -2.25. The van der Waals surface area contributed by atoms with Crippen molar-refractivity contribution in [3.63, 3.8) is 0 Å². The Morgan fingerprint density at radius 1 is 0.867 bits per heavy atom. The third-order valence-electron chi connectivity index (χ3n) is 4.60. The summed E-state index contributed by atoms with van der Waals surface area (Å²) in [6.45, 7) is 1.29. The fraction of sp³-hybridized carbons (Fsp3) is 0.217. The lowest BCUT2D eigenvalue weighted by Crippen LogP contribution is -2.25. The Bertz CT molecular complexity index is 909. The lowest BCUT2D eigenvalue weighted by atomic mass is 10.1. The zero-order valence-electron chi connectivity index (χ0n) is 17.3. The molecular formula is C23H25N3O4. The van der Waals surface area contributed by atoms with E-state index in [1.807, 2.05) is 54.6 Å². The lowest BCUT2D eigenvalue weighted by molar-refractivity contribution is 0.0532. The summed E-state index contributed by atoms with van der Waals surface area (Å²) >= 11 is 0. The summed E-state index contributed by atoms with van der Waals surface area (Å²) in [5, 5.41) is 0. The van der Waals surface area contributed by atoms with Gasteiger partial charge in [0.1, 0.15) is 17.2 Å². The number of ether oxygens (including phenoxy) is 2. The van der Waals surface area contributed by atoms with Crippen LogP contribution in [0.4, 0.5) is 5.69 Å². The number of rotatable bonds is 9. The Kier molecular flexibility index (Phi) is 7.24. The first-order chi connectivity index (χ1) is 14.6. The number of amides is 1. The van der Waals surface area contributed by atoms with Crippen molar-refractivity contribution in [1.29, 1.82) is 0 Å². The van der Waals surface area contributed by atoms with Crippen molar-refractivity contribution in [3.05, 3.63) is 83.7 Å². The number of methoxy groups -OCH3 is 2. The molecule has 0 aliphatic rings. The van der Waals surface area contributed by atoms with Crippen LogP contribution < -0.4 is 19.9 Å². The second kappa shape index (κ2) is 10.3. The summed E-state index contributed by atoms with van der Waals surface area (Å²) in [6, 6.07) is 19.5. The molecule has 7 nitrogen and oxygen atoms in total. The Morgan fingerprint density at radius 2 is 1.40 bits per heavy atom. The summed E-state index contributed by atoms with van der Waals surface area (Å²) in [7, 11) is 4.69. The van der Waals surface area contributed by atoms with Crippen molar-refractivity contribution < 1.29 is 19.1 Å². The smallest absolute Gasteiger partial charge is 0.293 e. The number of nitrogens with zero attached hydrogens (tertiary/aromatic N) is 2. The highest BCUT2D eigenvalue weighted by Gasteiger charge is 2.13. The first-order valence-corrected chi connectivity index (χ1v) is 9.43. The van der Waals surface area contributed by atoms with Crippen LogP contribution in [-0.4, -0.2) is 32.2 Å². The van der Waals surface area contributed by atoms with E-state index in [1.165, 1.54) is 7.11 Å². The number of benzene rings is 2. The molecule has 1 N–H and O–H groups in total. The standard InChI is InChI=1S/C23H25N3O4/c1-28-20-8-4-17(5-9-20)15-26(16-18-6-10-21(29-2)11-7-18)19-12-13-24-22(14-19)23(27)25-30-3/h4-14H,15-16H2,1-3H3,(H,25,27). The normalized spacial score (nSPS) is 10.4. The van der Waals surface area contributed by atoms with Gasteiger partial charge in [-0.3, -0.25) is 14.6 Å². The largest absolute Gasteiger partial charge is 0.497 e. The predicted octanol–water partition coefficient (Wildman–Crippen LogP) is 3.60. The van der Waals surface area contributed by atoms with E-state index in [2.05, 4.69) is 15.4 Å². The molecule has 0 atom stereocenters. The molecule has 0 fully saturated rings. The molecule has 0 radical (unpaired) electrons. The second-order valence-corrected chi connectivity index (χ2v) is 6.59. The highest BCUT2D eigenvalue weighted by Crippen LogP contribution is 2.23. The van der Waals surface area contributed by atoms with Gasteiger partial charge in [0.25, 0.3) is 5.91 Å². The molecule has 0 aliphatic heterocycles. The molecule has 0 bridgehead atoms. The van der Waals surface area contributed by atoms with Gasteiger partial charge in [0.2, 0.25) is 0 Å². The number of hydrogen-bond acceptors (Lipinski definition) is 6. The van der Waals surface area contributed by atoms with Crippen LogP contribution in [0.5, 0.6) is 11.5 Å². The van der Waals surface area contributed by atoms with Gasteiger partial charge >= 0.3 is 0 Å². The first kappa shape index (κ1) is 21.1. The van der Waals surface area contributed by atoms with E-state index in [0.717, 1.165) is 28.3 Å². The molecule has 0 spiro atoms. The molecule has 1 amide bonds. The molecule has 0 saturated carbocycles. The van der Waals surface area contributed by atoms with Crippen LogP contribution in [0.25, 0.3) is 0 Å². The zero-order chi connectivity index (χ0) is 21.3. The van der Waals surface area contributed by atoms with Crippen molar-refractivity contribution in [2.45, 2.75) is 13.1 Å². The molecule has 2 aromatic carbocycles. The molecule has 30 heavy (non-hydrogen) atoms. The Balaban J connectivity index is 1.89. The summed E-state index contributed by atoms with van der Waals surface area (Å²) in [5.41, 5.74) is 5.69. The summed E-state index contributed by atoms with van der Waals surface area (Å²) in [4.78, 5) is 23.2. The highest BCUT2D eigenvalue weighted by molar-refractivity contribution is 5.92. The fourth-order valence-corrected chi connectivity index (χ4v) is 3.03. The predicted molar refractivity (Wildman–Crippen MR) is 115 cm³/mol. The molecule has 3 rings (SSSR count). The first-order valence-electron chi connectivity index (χ1n) is 9.43. The molecule has 0 saturated heterocycles. The van der Waals surface area contributed by atoms with E-state index in [4.69, 9.17) is 14.3 Å². The van der Waals surface area contributed by atoms with Gasteiger partial charge in [0, 0.05) is 25.0 Å². The van der Waals surface area contributed by atoms with Crippen LogP contribution in [-0.2, 0) is 17.9 Å². The number of anilines is 1. The summed E-state index contributed by atoms with van der Waals surface area (Å²) < 4.78 is 10.5. The average Bonchev–Trinajstić information content (AvgIpc) is 2.80. The van der Waals surface area contributed by atoms with Crippen LogP contribution in [0.3, 0.4) is 0 Å². The third-order valence-corrected chi connectivity index (χ3v) is 4.60. The molecule has 1 heterocycles. The maximum Gasteiger partial charge on any atom is 0.293 e. The number of hydrogen-bond donors (Lipinski definition) is 1. The van der Waals surface area contributed by atoms with Gasteiger partial charge < -0.3 is 14.4 Å². The van der Waals surface area contributed by atoms with E-state index in [0.29, 0.717) is 13.1 Å². The van der Waals surface area contributed by atoms with Crippen LogP contribution >= 0.6 is 0 Å². The van der Waals surface area contributed by atoms with Crippen molar-refractivity contribution in [2.75, 3.05) is 26.2 Å². The highest BCUT2D eigenvalue weighted by atomic mass is 16.6. The van der Waals surface area contributed by atoms with Crippen LogP contribution in [0.15, 0.2) is 66.9 Å². The van der Waals surface area contributed by atoms with Gasteiger partial charge in [-0.15, -0.1) is 0 Å². The number of carbonyl (C=O) groups excluding carboxylic acids is 1. The molecule has 1 aromatic heterocycles. The fourth-order valence-electron chi connectivity index (χ4n) is 3.03. The van der Waals surface area contributed by atoms with E-state index >= 15 is 0 Å². The van der Waals surface area contributed by atoms with E-state index in [9.17, 15) is 4.79 Å². The maximum absolute atomic E-state index is 12.1. The Morgan fingerprint density at radius 3 is 1.87 bits per heavy atom. The maximum atomic E-state index is 12.1. The number of nitrogens with one attached hydrogen (secondary N) is 1. The second-order valence-electron chi connectivity index (χ2n) is 6.59. The molecule has 7 heteroatoms. The van der Waals surface area contributed by atoms with E-state index in [1.54, 1.807) is 26.5 Å². The minimum atomic E-state index is -0.395. The zero-order valence-corrected chi connectivity index (χ0v) is 17.3. The van der Waals surface area contributed by atoms with E-state index < -0.39 is 5.91 Å². The van der Waals surface area contributed by atoms with Gasteiger partial charge in [0.15, 0.2) is 0 Å². The molecule has 0 unspecified atom stereocenters. The van der Waals surface area contributed by atoms with Crippen molar-refractivity contribution in [1.82, 2.24) is 10.5 Å². The van der Waals surface area contributed by atoms with E-state index in [-0.39, 0.29) is 5.69 Å². The van der Waals surface area contributed by atoms with Crippen LogP contribution in [0.1, 0.15) is 21.6 Å². The molecule has 0 aliphatic carbocycles. The molecule has 3 aromatic rings. The minimum absolute atomic E-state index is 0.281. The minimum Gasteiger partial charge on any atom is -0.497 e. The number of carbonyl (C=O) groups is 1. The Hall–Kier alpha value is -3.58. The quantitative estimate of drug-likeness (QED) is 0.547. The Labute approximate surface area is 176 Å². The number of hydroxylamine groups is 1. The SMILES string of the molecule is CONC(=O)c1cc(N(Cc2ccc(OC)cc2)Cc2ccc(OC)cc2)ccn1. The molecular weight excluding hydrogens is 382 g/mol. The number of aromatic nitrogens is 1. The molecule has 156 valence electrons. The van der Waals surface area contributed by atoms with Crippen LogP contribution in [0.2, 0.25) is 0 Å². The summed E-state index contributed by atoms with van der Waals surface area (Å²) in [6.07, 6.45) is 1.62. The van der Waals surface area contributed by atoms with Crippen molar-refractivity contribution in [3.8, 4) is 11.5 Å². The van der Waals surface area contributed by atoms with Gasteiger partial charge in [-0.1, -0.05) is 24.3 Å². The van der Waals surface area contributed by atoms with Crippen LogP contribution in [0, 0.1) is 0 Å². The average molecular weight is 407 g/mol. The van der Waals surface area contributed by atoms with Gasteiger partial charge in [-0.2, -0.15) is 0 Å². The number of pyridine rings is 1. The van der Waals surface area contributed by atoms with Gasteiger partial charge in [-0.25, -0.2) is 5.48 Å². The summed E-state index contributed by atoms with van der Waals surface area (Å²) in [5.74, 6) is 1.22. The van der Waals surface area contributed by atoms with Crippen molar-refractivity contribution >= 4 is 11.6 Å². The topological polar surface area (TPSA) is 72.9 Å². The monoisotopic (exact) mass is 407 g/mol. The van der Waals surface area contributed by atoms with Gasteiger partial charge in [-0.05, 0) is 47.5 Å². The third kappa shape index (κ3) is 5.48. The van der Waals surface area contributed by atoms with Crippen molar-refractivity contribution in [2.24, 2.45) is 0 Å².